The van der Waals surface area contributed by atoms with E-state index in [-0.39, 0.29) is 11.4 Å². The summed E-state index contributed by atoms with van der Waals surface area (Å²) < 4.78 is 0. The molecule has 1 rings (SSSR count). The lowest BCUT2D eigenvalue weighted by molar-refractivity contribution is -0.114. The van der Waals surface area contributed by atoms with Crippen LogP contribution in [0.1, 0.15) is 0 Å². The Labute approximate surface area is 108 Å². The number of nitrogens with two attached hydrogens (primary N) is 2. The zero-order valence-electron chi connectivity index (χ0n) is 8.50. The fraction of sp³-hybridized carbons (Fsp3) is 0. The summed E-state index contributed by atoms with van der Waals surface area (Å²) in [6, 6.07) is 6.24. The van der Waals surface area contributed by atoms with Crippen molar-refractivity contribution in [2.75, 3.05) is 5.32 Å². The van der Waals surface area contributed by atoms with Crippen molar-refractivity contribution in [3.63, 3.8) is 0 Å². The molecule has 0 aromatic heterocycles. The van der Waals surface area contributed by atoms with Crippen molar-refractivity contribution < 1.29 is 4.79 Å². The van der Waals surface area contributed by atoms with E-state index in [1.165, 1.54) is 6.07 Å². The maximum atomic E-state index is 10.9. The Morgan fingerprint density at radius 3 is 2.47 bits per heavy atom. The molecule has 0 saturated heterocycles. The molecule has 1 aromatic rings. The first kappa shape index (κ1) is 13.2. The normalized spacial score (nSPS) is 11.4. The fourth-order valence-electron chi connectivity index (χ4n) is 1.05. The first-order valence-electron chi connectivity index (χ1n) is 4.37. The van der Waals surface area contributed by atoms with Gasteiger partial charge in [0.1, 0.15) is 11.9 Å². The highest BCUT2D eigenvalue weighted by Gasteiger charge is 2.11. The Bertz CT molecular complexity index is 534. The Morgan fingerprint density at radius 2 is 2.00 bits per heavy atom. The third-order valence-corrected chi connectivity index (χ3v) is 2.38. The molecule has 17 heavy (non-hydrogen) atoms. The molecule has 0 spiro atoms. The lowest BCUT2D eigenvalue weighted by Crippen LogP contribution is -2.21. The molecule has 0 unspecified atom stereocenters. The van der Waals surface area contributed by atoms with Crippen LogP contribution in [-0.4, -0.2) is 5.91 Å². The van der Waals surface area contributed by atoms with Crippen LogP contribution in [0.3, 0.4) is 0 Å². The van der Waals surface area contributed by atoms with Gasteiger partial charge in [0.15, 0.2) is 5.57 Å². The molecule has 0 aliphatic carbocycles. The summed E-state index contributed by atoms with van der Waals surface area (Å²) in [5, 5.41) is 12.1. The average Bonchev–Trinajstić information content (AvgIpc) is 2.22. The van der Waals surface area contributed by atoms with Gasteiger partial charge >= 0.3 is 0 Å². The quantitative estimate of drug-likeness (QED) is 0.573. The topological polar surface area (TPSA) is 105 Å². The van der Waals surface area contributed by atoms with E-state index in [0.717, 1.165) is 0 Å². The molecule has 0 radical (unpaired) electrons. The Morgan fingerprint density at radius 1 is 1.35 bits per heavy atom. The van der Waals surface area contributed by atoms with Gasteiger partial charge in [-0.3, -0.25) is 4.79 Å². The van der Waals surface area contributed by atoms with Crippen molar-refractivity contribution in [3.05, 3.63) is 39.6 Å². The summed E-state index contributed by atoms with van der Waals surface area (Å²) in [5.74, 6) is -1.08. The minimum atomic E-state index is -0.914. The first-order valence-corrected chi connectivity index (χ1v) is 5.13. The van der Waals surface area contributed by atoms with Crippen molar-refractivity contribution in [1.82, 2.24) is 0 Å². The molecule has 0 atom stereocenters. The van der Waals surface area contributed by atoms with Crippen molar-refractivity contribution in [2.45, 2.75) is 0 Å². The number of carbonyl (C=O) groups excluding carboxylic acids is 1. The van der Waals surface area contributed by atoms with E-state index in [2.05, 4.69) is 5.32 Å². The molecule has 0 bridgehead atoms. The van der Waals surface area contributed by atoms with Crippen LogP contribution < -0.4 is 16.8 Å². The highest BCUT2D eigenvalue weighted by Crippen LogP contribution is 2.26. The number of nitrogens with one attached hydrogen (secondary N) is 1. The lowest BCUT2D eigenvalue weighted by atomic mass is 10.2. The number of anilines is 1. The number of nitrogens with zero attached hydrogens (tertiary/aromatic N) is 1. The average molecular weight is 271 g/mol. The highest BCUT2D eigenvalue weighted by molar-refractivity contribution is 6.36. The van der Waals surface area contributed by atoms with E-state index >= 15 is 0 Å². The summed E-state index contributed by atoms with van der Waals surface area (Å²) in [4.78, 5) is 10.9. The molecular formula is C10H8Cl2N4O. The number of carbonyl (C=O) groups is 1. The molecule has 5 N–H and O–H groups in total. The molecule has 0 heterocycles. The molecule has 1 amide bonds. The van der Waals surface area contributed by atoms with Crippen molar-refractivity contribution in [3.8, 4) is 6.07 Å². The second-order valence-corrected chi connectivity index (χ2v) is 3.86. The first-order chi connectivity index (χ1) is 7.95. The second kappa shape index (κ2) is 5.43. The van der Waals surface area contributed by atoms with Gasteiger partial charge in [0, 0.05) is 5.02 Å². The molecule has 0 aliphatic rings. The van der Waals surface area contributed by atoms with Gasteiger partial charge in [-0.25, -0.2) is 0 Å². The van der Waals surface area contributed by atoms with Crippen LogP contribution in [0.5, 0.6) is 0 Å². The Hall–Kier alpha value is -1.90. The highest BCUT2D eigenvalue weighted by atomic mass is 35.5. The minimum Gasteiger partial charge on any atom is -0.384 e. The van der Waals surface area contributed by atoms with Gasteiger partial charge in [-0.2, -0.15) is 5.26 Å². The molecule has 0 saturated carbocycles. The summed E-state index contributed by atoms with van der Waals surface area (Å²) in [5.41, 5.74) is 10.5. The number of rotatable bonds is 3. The second-order valence-electron chi connectivity index (χ2n) is 3.01. The van der Waals surface area contributed by atoms with E-state index in [1.54, 1.807) is 18.2 Å². The van der Waals surface area contributed by atoms with Crippen molar-refractivity contribution in [2.24, 2.45) is 11.5 Å². The smallest absolute Gasteiger partial charge is 0.263 e. The van der Waals surface area contributed by atoms with Crippen LogP contribution in [0, 0.1) is 11.3 Å². The summed E-state index contributed by atoms with van der Waals surface area (Å²) in [6.07, 6.45) is 0. The number of hydrogen-bond acceptors (Lipinski definition) is 4. The zero-order valence-corrected chi connectivity index (χ0v) is 10.0. The van der Waals surface area contributed by atoms with Crippen molar-refractivity contribution >= 4 is 34.8 Å². The predicted octanol–water partition coefficient (Wildman–Crippen LogP) is 1.58. The monoisotopic (exact) mass is 270 g/mol. The van der Waals surface area contributed by atoms with Gasteiger partial charge in [-0.05, 0) is 18.2 Å². The van der Waals surface area contributed by atoms with Gasteiger partial charge in [-0.15, -0.1) is 0 Å². The number of nitriles is 1. The minimum absolute atomic E-state index is 0.163. The Kier molecular flexibility index (Phi) is 4.21. The van der Waals surface area contributed by atoms with Crippen molar-refractivity contribution in [1.29, 1.82) is 5.26 Å². The van der Waals surface area contributed by atoms with Gasteiger partial charge in [0.2, 0.25) is 0 Å². The van der Waals surface area contributed by atoms with E-state index < -0.39 is 5.91 Å². The summed E-state index contributed by atoms with van der Waals surface area (Å²) in [7, 11) is 0. The molecule has 7 heteroatoms. The van der Waals surface area contributed by atoms with Gasteiger partial charge in [-0.1, -0.05) is 23.2 Å². The van der Waals surface area contributed by atoms with E-state index in [0.29, 0.717) is 15.7 Å². The number of benzene rings is 1. The summed E-state index contributed by atoms with van der Waals surface area (Å²) >= 11 is 11.6. The lowest BCUT2D eigenvalue weighted by Gasteiger charge is -2.09. The van der Waals surface area contributed by atoms with Crippen LogP contribution >= 0.6 is 23.2 Å². The molecule has 0 aliphatic heterocycles. The van der Waals surface area contributed by atoms with E-state index in [4.69, 9.17) is 39.9 Å². The van der Waals surface area contributed by atoms with Crippen LogP contribution in [0.2, 0.25) is 10.0 Å². The molecule has 0 fully saturated rings. The third kappa shape index (κ3) is 3.28. The SMILES string of the molecule is N#C/C(C(N)=O)=C(\N)Nc1ccc(Cl)cc1Cl. The maximum Gasteiger partial charge on any atom is 0.263 e. The maximum absolute atomic E-state index is 10.9. The molecular weight excluding hydrogens is 263 g/mol. The van der Waals surface area contributed by atoms with Gasteiger partial charge in [0.05, 0.1) is 10.7 Å². The zero-order chi connectivity index (χ0) is 13.0. The Balaban J connectivity index is 3.07. The largest absolute Gasteiger partial charge is 0.384 e. The van der Waals surface area contributed by atoms with E-state index in [9.17, 15) is 4.79 Å². The summed E-state index contributed by atoms with van der Waals surface area (Å²) in [6.45, 7) is 0. The van der Waals surface area contributed by atoms with Gasteiger partial charge in [0.25, 0.3) is 5.91 Å². The number of primary amides is 1. The molecule has 1 aromatic carbocycles. The number of hydrogen-bond donors (Lipinski definition) is 3. The number of amides is 1. The van der Waals surface area contributed by atoms with Gasteiger partial charge < -0.3 is 16.8 Å². The van der Waals surface area contributed by atoms with Crippen LogP contribution in [0.25, 0.3) is 0 Å². The standard InChI is InChI=1S/C10H8Cl2N4O/c11-5-1-2-8(7(12)3-5)16-9(14)6(4-13)10(15)17/h1-3,16H,14H2,(H2,15,17)/b9-6-. The third-order valence-electron chi connectivity index (χ3n) is 1.83. The van der Waals surface area contributed by atoms with Crippen LogP contribution in [-0.2, 0) is 4.79 Å². The fourth-order valence-corrected chi connectivity index (χ4v) is 1.50. The van der Waals surface area contributed by atoms with E-state index in [1.807, 2.05) is 0 Å². The van der Waals surface area contributed by atoms with Crippen LogP contribution in [0.15, 0.2) is 29.6 Å². The predicted molar refractivity (Wildman–Crippen MR) is 66.1 cm³/mol. The van der Waals surface area contributed by atoms with Crippen LogP contribution in [0.4, 0.5) is 5.69 Å². The molecule has 5 nitrogen and oxygen atoms in total. The molecule has 88 valence electrons. The number of halogens is 2.